The fraction of sp³-hybridized carbons (Fsp3) is 0.315. The molecule has 0 bridgehead atoms. The summed E-state index contributed by atoms with van der Waals surface area (Å²) in [7, 11) is 0. The number of esters is 1. The number of aliphatic hydroxyl groups is 1. The van der Waals surface area contributed by atoms with Crippen LogP contribution in [0.4, 0.5) is 0 Å². The van der Waals surface area contributed by atoms with Gasteiger partial charge in [-0.15, -0.1) is 0 Å². The van der Waals surface area contributed by atoms with Gasteiger partial charge in [0, 0.05) is 0 Å². The molecule has 6 aromatic carbocycles. The van der Waals surface area contributed by atoms with Crippen LogP contribution in [0.15, 0.2) is 182 Å². The van der Waals surface area contributed by atoms with Crippen molar-refractivity contribution in [2.45, 2.75) is 88.5 Å². The average molecular weight is 865 g/mol. The Kier molecular flexibility index (Phi) is 16.5. The van der Waals surface area contributed by atoms with Crippen molar-refractivity contribution in [2.75, 3.05) is 13.2 Å². The molecular weight excluding hydrogens is 809 g/mol. The molecule has 2 aliphatic heterocycles. The first-order valence-electron chi connectivity index (χ1n) is 22.0. The van der Waals surface area contributed by atoms with Crippen LogP contribution in [-0.2, 0) is 82.3 Å². The number of ether oxygens (including phenoxy) is 8. The van der Waals surface area contributed by atoms with Gasteiger partial charge in [-0.05, 0) is 33.4 Å². The van der Waals surface area contributed by atoms with Crippen LogP contribution in [-0.4, -0.2) is 73.1 Å². The highest BCUT2D eigenvalue weighted by molar-refractivity contribution is 5.76. The molecular formula is C54H56O10. The standard InChI is InChI=1S/C54H56O10/c55-48-50(60-34-42-25-13-4-14-26-42)47(45(64-54(48)56)37-57-31-39-19-7-1-8-20-39)51-53(62-36-44-29-17-6-18-30-44)52(61-35-43-27-15-5-16-28-43)49(59-33-41-23-11-3-12-24-41)46(63-51)38-58-32-40-21-9-2-10-22-40/h1-30,45-53,55H,31-38H2/t45-,46-,47-,48-,49+,50+,51+,52+,53+/m1/s1. The molecule has 332 valence electrons. The minimum Gasteiger partial charge on any atom is -0.457 e. The zero-order chi connectivity index (χ0) is 43.8. The van der Waals surface area contributed by atoms with E-state index in [4.69, 9.17) is 37.9 Å². The predicted molar refractivity (Wildman–Crippen MR) is 240 cm³/mol. The molecule has 2 heterocycles. The highest BCUT2D eigenvalue weighted by Gasteiger charge is 2.58. The Balaban J connectivity index is 1.20. The monoisotopic (exact) mass is 864 g/mol. The highest BCUT2D eigenvalue weighted by atomic mass is 16.6. The molecule has 9 atom stereocenters. The van der Waals surface area contributed by atoms with E-state index in [2.05, 4.69) is 0 Å². The summed E-state index contributed by atoms with van der Waals surface area (Å²) in [6.45, 7) is 1.56. The Morgan fingerprint density at radius 1 is 0.391 bits per heavy atom. The van der Waals surface area contributed by atoms with Crippen molar-refractivity contribution in [3.8, 4) is 0 Å². The van der Waals surface area contributed by atoms with E-state index in [0.717, 1.165) is 33.4 Å². The molecule has 6 aromatic rings. The van der Waals surface area contributed by atoms with Crippen LogP contribution >= 0.6 is 0 Å². The molecule has 0 radical (unpaired) electrons. The van der Waals surface area contributed by atoms with Gasteiger partial charge in [-0.3, -0.25) is 0 Å². The van der Waals surface area contributed by atoms with Gasteiger partial charge in [-0.2, -0.15) is 0 Å². The predicted octanol–water partition coefficient (Wildman–Crippen LogP) is 8.43. The summed E-state index contributed by atoms with van der Waals surface area (Å²) in [5.41, 5.74) is 5.71. The van der Waals surface area contributed by atoms with Gasteiger partial charge in [0.2, 0.25) is 0 Å². The van der Waals surface area contributed by atoms with Crippen molar-refractivity contribution < 1.29 is 47.8 Å². The molecule has 0 amide bonds. The summed E-state index contributed by atoms with van der Waals surface area (Å²) < 4.78 is 53.9. The molecule has 2 saturated heterocycles. The maximum Gasteiger partial charge on any atom is 0.338 e. The summed E-state index contributed by atoms with van der Waals surface area (Å²) in [6, 6.07) is 59.2. The van der Waals surface area contributed by atoms with Gasteiger partial charge in [-0.25, -0.2) is 4.79 Å². The number of carbonyl (C=O) groups excluding carboxylic acids is 1. The SMILES string of the molecule is O=C1O[C@H](COCc2ccccc2)[C@@H]([C@@H]2O[C@H](COCc3ccccc3)[C@H](OCc3ccccc3)[C@H](OCc3ccccc3)[C@H]2OCc2ccccc2)[C@H](OCc2ccccc2)[C@H]1O. The van der Waals surface area contributed by atoms with E-state index in [9.17, 15) is 9.90 Å². The third-order valence-electron chi connectivity index (χ3n) is 11.6. The first-order valence-corrected chi connectivity index (χ1v) is 22.0. The quantitative estimate of drug-likeness (QED) is 0.0709. The Morgan fingerprint density at radius 3 is 1.12 bits per heavy atom. The average Bonchev–Trinajstić information content (AvgIpc) is 3.35. The lowest BCUT2D eigenvalue weighted by atomic mass is 9.78. The number of hydrogen-bond acceptors (Lipinski definition) is 10. The van der Waals surface area contributed by atoms with Gasteiger partial charge < -0.3 is 43.0 Å². The van der Waals surface area contributed by atoms with Crippen LogP contribution in [0.5, 0.6) is 0 Å². The summed E-state index contributed by atoms with van der Waals surface area (Å²) in [5.74, 6) is -1.62. The molecule has 1 N–H and O–H groups in total. The van der Waals surface area contributed by atoms with Crippen molar-refractivity contribution in [3.63, 3.8) is 0 Å². The molecule has 10 heteroatoms. The van der Waals surface area contributed by atoms with Crippen LogP contribution in [0.1, 0.15) is 33.4 Å². The van der Waals surface area contributed by atoms with Gasteiger partial charge in [0.1, 0.15) is 36.6 Å². The van der Waals surface area contributed by atoms with Crippen LogP contribution < -0.4 is 0 Å². The smallest absolute Gasteiger partial charge is 0.338 e. The van der Waals surface area contributed by atoms with E-state index in [1.165, 1.54) is 0 Å². The molecule has 0 aliphatic carbocycles. The molecule has 64 heavy (non-hydrogen) atoms. The largest absolute Gasteiger partial charge is 0.457 e. The molecule has 8 rings (SSSR count). The van der Waals surface area contributed by atoms with Crippen molar-refractivity contribution in [1.82, 2.24) is 0 Å². The Morgan fingerprint density at radius 2 is 0.719 bits per heavy atom. The number of hydrogen-bond donors (Lipinski definition) is 1. The van der Waals surface area contributed by atoms with Gasteiger partial charge in [-0.1, -0.05) is 182 Å². The Labute approximate surface area is 375 Å². The number of rotatable bonds is 21. The van der Waals surface area contributed by atoms with Crippen molar-refractivity contribution in [3.05, 3.63) is 215 Å². The maximum absolute atomic E-state index is 13.7. The lowest BCUT2D eigenvalue weighted by Gasteiger charge is -2.52. The van der Waals surface area contributed by atoms with Crippen molar-refractivity contribution in [1.29, 1.82) is 0 Å². The van der Waals surface area contributed by atoms with Crippen molar-refractivity contribution in [2.24, 2.45) is 5.92 Å². The summed E-state index contributed by atoms with van der Waals surface area (Å²) in [4.78, 5) is 13.7. The minimum absolute atomic E-state index is 0.00681. The van der Waals surface area contributed by atoms with Crippen LogP contribution in [0.2, 0.25) is 0 Å². The number of benzene rings is 6. The summed E-state index contributed by atoms with van der Waals surface area (Å²) in [6.07, 6.45) is -7.58. The van der Waals surface area contributed by atoms with Crippen LogP contribution in [0.25, 0.3) is 0 Å². The van der Waals surface area contributed by atoms with Gasteiger partial charge >= 0.3 is 5.97 Å². The normalized spacial score (nSPS) is 24.5. The fourth-order valence-corrected chi connectivity index (χ4v) is 8.37. The summed E-state index contributed by atoms with van der Waals surface area (Å²) >= 11 is 0. The van der Waals surface area contributed by atoms with E-state index in [1.54, 1.807) is 0 Å². The first kappa shape index (κ1) is 45.1. The number of aliphatic hydroxyl groups excluding tert-OH is 1. The molecule has 0 spiro atoms. The van der Waals surface area contributed by atoms with E-state index < -0.39 is 60.7 Å². The van der Waals surface area contributed by atoms with E-state index >= 15 is 0 Å². The lowest BCUT2D eigenvalue weighted by molar-refractivity contribution is -0.303. The zero-order valence-corrected chi connectivity index (χ0v) is 35.8. The Bertz CT molecular complexity index is 2230. The molecule has 2 aliphatic rings. The lowest BCUT2D eigenvalue weighted by Crippen LogP contribution is -2.68. The van der Waals surface area contributed by atoms with Crippen molar-refractivity contribution >= 4 is 5.97 Å². The topological polar surface area (TPSA) is 111 Å². The second-order valence-electron chi connectivity index (χ2n) is 16.2. The third-order valence-corrected chi connectivity index (χ3v) is 11.6. The highest BCUT2D eigenvalue weighted by Crippen LogP contribution is 2.40. The van der Waals surface area contributed by atoms with Crippen LogP contribution in [0.3, 0.4) is 0 Å². The molecule has 0 aromatic heterocycles. The van der Waals surface area contributed by atoms with E-state index in [-0.39, 0.29) is 46.2 Å². The molecule has 0 unspecified atom stereocenters. The second kappa shape index (κ2) is 23.4. The number of carbonyl (C=O) groups is 1. The molecule has 10 nitrogen and oxygen atoms in total. The second-order valence-corrected chi connectivity index (χ2v) is 16.2. The molecule has 2 fully saturated rings. The van der Waals surface area contributed by atoms with Crippen LogP contribution in [0, 0.1) is 5.92 Å². The number of cyclic esters (lactones) is 1. The van der Waals surface area contributed by atoms with E-state index in [0.29, 0.717) is 6.61 Å². The molecule has 0 saturated carbocycles. The van der Waals surface area contributed by atoms with Gasteiger partial charge in [0.15, 0.2) is 6.10 Å². The zero-order valence-electron chi connectivity index (χ0n) is 35.8. The first-order chi connectivity index (χ1) is 31.6. The van der Waals surface area contributed by atoms with E-state index in [1.807, 2.05) is 182 Å². The third kappa shape index (κ3) is 12.4. The van der Waals surface area contributed by atoms with Gasteiger partial charge in [0.25, 0.3) is 0 Å². The van der Waals surface area contributed by atoms with Gasteiger partial charge in [0.05, 0.1) is 64.9 Å². The Hall–Kier alpha value is -5.53. The summed E-state index contributed by atoms with van der Waals surface area (Å²) in [5, 5.41) is 11.8. The minimum atomic E-state index is -1.64. The fourth-order valence-electron chi connectivity index (χ4n) is 8.37. The maximum atomic E-state index is 13.7.